The monoisotopic (exact) mass is 273 g/mol. The number of carbonyl (C=O) groups is 1. The van der Waals surface area contributed by atoms with Gasteiger partial charge in [-0.05, 0) is 25.8 Å². The van der Waals surface area contributed by atoms with Crippen LogP contribution in [0.3, 0.4) is 0 Å². The molecule has 0 aliphatic carbocycles. The zero-order valence-electron chi connectivity index (χ0n) is 11.7. The van der Waals surface area contributed by atoms with Gasteiger partial charge in [-0.3, -0.25) is 9.78 Å². The molecule has 6 heteroatoms. The molecule has 1 amide bonds. The van der Waals surface area contributed by atoms with Crippen molar-refractivity contribution in [3.05, 3.63) is 30.4 Å². The van der Waals surface area contributed by atoms with Gasteiger partial charge in [0.25, 0.3) is 5.91 Å². The minimum absolute atomic E-state index is 0.0830. The molecule has 0 spiro atoms. The van der Waals surface area contributed by atoms with E-state index >= 15 is 0 Å². The molecule has 3 rings (SSSR count). The van der Waals surface area contributed by atoms with E-state index in [1.807, 2.05) is 0 Å². The number of nitrogens with one attached hydrogen (secondary N) is 2. The Morgan fingerprint density at radius 1 is 1.45 bits per heavy atom. The van der Waals surface area contributed by atoms with E-state index in [1.54, 1.807) is 29.3 Å². The number of piperidine rings is 1. The van der Waals surface area contributed by atoms with Crippen molar-refractivity contribution in [2.24, 2.45) is 5.92 Å². The largest absolute Gasteiger partial charge is 0.347 e. The van der Waals surface area contributed by atoms with Gasteiger partial charge >= 0.3 is 0 Å². The predicted octanol–water partition coefficient (Wildman–Crippen LogP) is 0.846. The van der Waals surface area contributed by atoms with Gasteiger partial charge in [0.1, 0.15) is 0 Å². The Kier molecular flexibility index (Phi) is 3.40. The molecule has 1 fully saturated rings. The average molecular weight is 273 g/mol. The van der Waals surface area contributed by atoms with Gasteiger partial charge < -0.3 is 10.6 Å². The van der Waals surface area contributed by atoms with Crippen molar-refractivity contribution in [3.8, 4) is 0 Å². The van der Waals surface area contributed by atoms with Crippen LogP contribution in [0.25, 0.3) is 5.52 Å². The van der Waals surface area contributed by atoms with E-state index in [1.165, 1.54) is 0 Å². The molecule has 3 atom stereocenters. The van der Waals surface area contributed by atoms with Gasteiger partial charge in [0.2, 0.25) is 0 Å². The highest BCUT2D eigenvalue weighted by Gasteiger charge is 2.29. The summed E-state index contributed by atoms with van der Waals surface area (Å²) >= 11 is 0. The maximum atomic E-state index is 12.5. The molecule has 0 saturated carbocycles. The van der Waals surface area contributed by atoms with Crippen LogP contribution >= 0.6 is 0 Å². The summed E-state index contributed by atoms with van der Waals surface area (Å²) in [6.45, 7) is 5.30. The molecule has 3 unspecified atom stereocenters. The van der Waals surface area contributed by atoms with Crippen molar-refractivity contribution in [3.63, 3.8) is 0 Å². The molecule has 6 nitrogen and oxygen atoms in total. The Labute approximate surface area is 117 Å². The summed E-state index contributed by atoms with van der Waals surface area (Å²) < 4.78 is 1.66. The fourth-order valence-corrected chi connectivity index (χ4v) is 2.84. The number of aromatic nitrogens is 3. The highest BCUT2D eigenvalue weighted by Crippen LogP contribution is 2.17. The second kappa shape index (κ2) is 5.20. The van der Waals surface area contributed by atoms with Crippen LogP contribution in [0, 0.1) is 5.92 Å². The number of fused-ring (bicyclic) bond motifs is 1. The Bertz CT molecular complexity index is 613. The Morgan fingerprint density at radius 2 is 2.30 bits per heavy atom. The van der Waals surface area contributed by atoms with Gasteiger partial charge in [-0.1, -0.05) is 6.92 Å². The molecule has 2 aromatic heterocycles. The molecule has 20 heavy (non-hydrogen) atoms. The third-order valence-electron chi connectivity index (χ3n) is 4.08. The average Bonchev–Trinajstić information content (AvgIpc) is 2.87. The van der Waals surface area contributed by atoms with E-state index in [9.17, 15) is 4.79 Å². The SMILES string of the molecule is CC1CCNC(C)C1NC(=O)c1cnn2ccncc12. The fourth-order valence-electron chi connectivity index (χ4n) is 2.84. The zero-order valence-corrected chi connectivity index (χ0v) is 11.7. The lowest BCUT2D eigenvalue weighted by atomic mass is 9.89. The lowest BCUT2D eigenvalue weighted by Crippen LogP contribution is -2.55. The molecular weight excluding hydrogens is 254 g/mol. The molecule has 1 aliphatic heterocycles. The number of nitrogens with zero attached hydrogens (tertiary/aromatic N) is 3. The summed E-state index contributed by atoms with van der Waals surface area (Å²) in [5.41, 5.74) is 1.30. The van der Waals surface area contributed by atoms with Crippen LogP contribution in [-0.4, -0.2) is 39.1 Å². The molecule has 0 aromatic carbocycles. The first kappa shape index (κ1) is 13.1. The molecule has 3 heterocycles. The summed E-state index contributed by atoms with van der Waals surface area (Å²) in [4.78, 5) is 16.5. The summed E-state index contributed by atoms with van der Waals surface area (Å²) in [5.74, 6) is 0.385. The predicted molar refractivity (Wildman–Crippen MR) is 75.5 cm³/mol. The quantitative estimate of drug-likeness (QED) is 0.851. The number of rotatable bonds is 2. The van der Waals surface area contributed by atoms with E-state index in [0.717, 1.165) is 18.5 Å². The van der Waals surface area contributed by atoms with Gasteiger partial charge in [-0.2, -0.15) is 5.10 Å². The van der Waals surface area contributed by atoms with Crippen LogP contribution in [-0.2, 0) is 0 Å². The van der Waals surface area contributed by atoms with Gasteiger partial charge in [-0.15, -0.1) is 0 Å². The standard InChI is InChI=1S/C14H19N5O/c1-9-3-4-16-10(2)13(9)18-14(20)11-7-17-19-6-5-15-8-12(11)19/h5-10,13,16H,3-4H2,1-2H3,(H,18,20). The Balaban J connectivity index is 1.82. The van der Waals surface area contributed by atoms with Crippen molar-refractivity contribution in [1.82, 2.24) is 25.2 Å². The highest BCUT2D eigenvalue weighted by molar-refractivity contribution is 6.00. The Hall–Kier alpha value is -1.95. The highest BCUT2D eigenvalue weighted by atomic mass is 16.1. The third-order valence-corrected chi connectivity index (χ3v) is 4.08. The zero-order chi connectivity index (χ0) is 14.1. The van der Waals surface area contributed by atoms with Crippen molar-refractivity contribution in [2.45, 2.75) is 32.4 Å². The number of hydrogen-bond donors (Lipinski definition) is 2. The summed E-state index contributed by atoms with van der Waals surface area (Å²) in [6, 6.07) is 0.422. The van der Waals surface area contributed by atoms with Crippen LogP contribution < -0.4 is 10.6 Å². The number of amides is 1. The lowest BCUT2D eigenvalue weighted by molar-refractivity contribution is 0.0899. The second-order valence-corrected chi connectivity index (χ2v) is 5.47. The van der Waals surface area contributed by atoms with Gasteiger partial charge in [0.05, 0.1) is 23.5 Å². The molecule has 106 valence electrons. The van der Waals surface area contributed by atoms with E-state index in [0.29, 0.717) is 11.5 Å². The molecule has 1 aliphatic rings. The van der Waals surface area contributed by atoms with Gasteiger partial charge in [-0.25, -0.2) is 4.52 Å². The van der Waals surface area contributed by atoms with Crippen molar-refractivity contribution in [1.29, 1.82) is 0 Å². The minimum Gasteiger partial charge on any atom is -0.347 e. The first-order valence-corrected chi connectivity index (χ1v) is 6.98. The van der Waals surface area contributed by atoms with E-state index in [-0.39, 0.29) is 18.0 Å². The first-order chi connectivity index (χ1) is 9.66. The summed E-state index contributed by atoms with van der Waals surface area (Å²) in [5, 5.41) is 10.7. The lowest BCUT2D eigenvalue weighted by Gasteiger charge is -2.35. The van der Waals surface area contributed by atoms with Crippen molar-refractivity contribution in [2.75, 3.05) is 6.54 Å². The van der Waals surface area contributed by atoms with Gasteiger partial charge in [0, 0.05) is 24.5 Å². The minimum atomic E-state index is -0.0830. The first-order valence-electron chi connectivity index (χ1n) is 6.98. The van der Waals surface area contributed by atoms with Crippen LogP contribution in [0.5, 0.6) is 0 Å². The number of carbonyl (C=O) groups excluding carboxylic acids is 1. The molecule has 0 bridgehead atoms. The van der Waals surface area contributed by atoms with Gasteiger partial charge in [0.15, 0.2) is 0 Å². The molecule has 2 N–H and O–H groups in total. The molecule has 0 radical (unpaired) electrons. The van der Waals surface area contributed by atoms with E-state index in [2.05, 4.69) is 34.6 Å². The maximum Gasteiger partial charge on any atom is 0.255 e. The normalized spacial score (nSPS) is 26.6. The maximum absolute atomic E-state index is 12.5. The van der Waals surface area contributed by atoms with Crippen molar-refractivity contribution >= 4 is 11.4 Å². The molecule has 1 saturated heterocycles. The third kappa shape index (κ3) is 2.27. The topological polar surface area (TPSA) is 71.3 Å². The molecular formula is C14H19N5O. The van der Waals surface area contributed by atoms with Crippen LogP contribution in [0.1, 0.15) is 30.6 Å². The van der Waals surface area contributed by atoms with E-state index < -0.39 is 0 Å². The van der Waals surface area contributed by atoms with Crippen LogP contribution in [0.2, 0.25) is 0 Å². The van der Waals surface area contributed by atoms with Crippen LogP contribution in [0.15, 0.2) is 24.8 Å². The Morgan fingerprint density at radius 3 is 3.10 bits per heavy atom. The summed E-state index contributed by atoms with van der Waals surface area (Å²) in [6.07, 6.45) is 7.72. The smallest absolute Gasteiger partial charge is 0.255 e. The number of hydrogen-bond acceptors (Lipinski definition) is 4. The van der Waals surface area contributed by atoms with Crippen molar-refractivity contribution < 1.29 is 4.79 Å². The van der Waals surface area contributed by atoms with E-state index in [4.69, 9.17) is 0 Å². The fraction of sp³-hybridized carbons (Fsp3) is 0.500. The molecule has 2 aromatic rings. The van der Waals surface area contributed by atoms with Crippen LogP contribution in [0.4, 0.5) is 0 Å². The summed E-state index contributed by atoms with van der Waals surface area (Å²) in [7, 11) is 0. The second-order valence-electron chi connectivity index (χ2n) is 5.47.